The van der Waals surface area contributed by atoms with Gasteiger partial charge < -0.3 is 5.32 Å². The van der Waals surface area contributed by atoms with Gasteiger partial charge in [-0.2, -0.15) is 11.8 Å². The summed E-state index contributed by atoms with van der Waals surface area (Å²) in [6.45, 7) is 0.562. The number of hydrogen-bond donors (Lipinski definition) is 1. The number of hydrogen-bond acceptors (Lipinski definition) is 4. The highest BCUT2D eigenvalue weighted by molar-refractivity contribution is 7.98. The van der Waals surface area contributed by atoms with Gasteiger partial charge in [0.15, 0.2) is 0 Å². The molecule has 0 heterocycles. The SMILES string of the molecule is CS(=O)(=O)N(Cc1ccccc1Cl)c1ccc(C(=O)NCCSCc2c(Cl)cccc2Cl)cc1. The Hall–Kier alpha value is -1.90. The van der Waals surface area contributed by atoms with E-state index in [-0.39, 0.29) is 12.5 Å². The minimum absolute atomic E-state index is 0.0940. The Balaban J connectivity index is 1.57. The van der Waals surface area contributed by atoms with Crippen molar-refractivity contribution in [2.45, 2.75) is 12.3 Å². The predicted molar refractivity (Wildman–Crippen MR) is 144 cm³/mol. The average Bonchev–Trinajstić information content (AvgIpc) is 2.79. The summed E-state index contributed by atoms with van der Waals surface area (Å²) in [5, 5.41) is 4.61. The van der Waals surface area contributed by atoms with Gasteiger partial charge in [-0.25, -0.2) is 8.42 Å². The summed E-state index contributed by atoms with van der Waals surface area (Å²) in [7, 11) is -3.56. The van der Waals surface area contributed by atoms with E-state index in [9.17, 15) is 13.2 Å². The molecular weight excluding hydrogens is 535 g/mol. The van der Waals surface area contributed by atoms with E-state index in [1.165, 1.54) is 4.31 Å². The molecule has 0 aliphatic rings. The van der Waals surface area contributed by atoms with Crippen LogP contribution in [0.5, 0.6) is 0 Å². The lowest BCUT2D eigenvalue weighted by molar-refractivity contribution is 0.0956. The number of halogens is 3. The van der Waals surface area contributed by atoms with E-state index < -0.39 is 10.0 Å². The Morgan fingerprint density at radius 1 is 0.912 bits per heavy atom. The molecule has 0 bridgehead atoms. The quantitative estimate of drug-likeness (QED) is 0.298. The standard InChI is InChI=1S/C24H23Cl3N2O3S2/c1-34(31,32)29(15-18-5-2-3-6-21(18)25)19-11-9-17(10-12-19)24(30)28-13-14-33-16-20-22(26)7-4-8-23(20)27/h2-12H,13-16H2,1H3,(H,28,30). The van der Waals surface area contributed by atoms with Crippen LogP contribution < -0.4 is 9.62 Å². The second kappa shape index (κ2) is 12.2. The molecule has 180 valence electrons. The molecule has 0 aromatic heterocycles. The first kappa shape index (κ1) is 26.7. The highest BCUT2D eigenvalue weighted by Crippen LogP contribution is 2.28. The molecule has 10 heteroatoms. The van der Waals surface area contributed by atoms with Crippen molar-refractivity contribution in [3.63, 3.8) is 0 Å². The van der Waals surface area contributed by atoms with E-state index in [1.807, 2.05) is 0 Å². The van der Waals surface area contributed by atoms with Gasteiger partial charge in [0.25, 0.3) is 5.91 Å². The Morgan fingerprint density at radius 3 is 2.15 bits per heavy atom. The van der Waals surface area contributed by atoms with E-state index in [1.54, 1.807) is 78.5 Å². The van der Waals surface area contributed by atoms with Crippen LogP contribution in [0.1, 0.15) is 21.5 Å². The third kappa shape index (κ3) is 7.30. The fourth-order valence-electron chi connectivity index (χ4n) is 3.14. The third-order valence-electron chi connectivity index (χ3n) is 4.93. The van der Waals surface area contributed by atoms with E-state index in [2.05, 4.69) is 5.32 Å². The van der Waals surface area contributed by atoms with Crippen molar-refractivity contribution in [2.24, 2.45) is 0 Å². The van der Waals surface area contributed by atoms with Gasteiger partial charge in [-0.1, -0.05) is 59.1 Å². The first-order valence-electron chi connectivity index (χ1n) is 10.3. The van der Waals surface area contributed by atoms with Crippen LogP contribution in [-0.2, 0) is 22.3 Å². The van der Waals surface area contributed by atoms with Gasteiger partial charge in [-0.15, -0.1) is 0 Å². The molecule has 3 aromatic rings. The minimum Gasteiger partial charge on any atom is -0.351 e. The van der Waals surface area contributed by atoms with Gasteiger partial charge in [-0.3, -0.25) is 9.10 Å². The van der Waals surface area contributed by atoms with Crippen LogP contribution in [0, 0.1) is 0 Å². The predicted octanol–water partition coefficient (Wildman–Crippen LogP) is 6.28. The molecular formula is C24H23Cl3N2O3S2. The summed E-state index contributed by atoms with van der Waals surface area (Å²) < 4.78 is 26.1. The van der Waals surface area contributed by atoms with Gasteiger partial charge in [0.1, 0.15) is 0 Å². The number of carbonyl (C=O) groups excluding carboxylic acids is 1. The molecule has 0 radical (unpaired) electrons. The topological polar surface area (TPSA) is 66.5 Å². The molecule has 0 unspecified atom stereocenters. The number of benzene rings is 3. The van der Waals surface area contributed by atoms with Crippen molar-refractivity contribution in [1.29, 1.82) is 0 Å². The molecule has 1 amide bonds. The Morgan fingerprint density at radius 2 is 1.53 bits per heavy atom. The van der Waals surface area contributed by atoms with Crippen molar-refractivity contribution in [3.05, 3.63) is 98.5 Å². The third-order valence-corrected chi connectivity index (χ3v) is 8.13. The van der Waals surface area contributed by atoms with Gasteiger partial charge in [0.2, 0.25) is 10.0 Å². The number of anilines is 1. The number of rotatable bonds is 10. The van der Waals surface area contributed by atoms with Gasteiger partial charge in [-0.05, 0) is 53.6 Å². The maximum Gasteiger partial charge on any atom is 0.251 e. The van der Waals surface area contributed by atoms with Crippen molar-refractivity contribution < 1.29 is 13.2 Å². The lowest BCUT2D eigenvalue weighted by Crippen LogP contribution is -2.29. The molecule has 0 fully saturated rings. The molecule has 1 N–H and O–H groups in total. The maximum absolute atomic E-state index is 12.5. The zero-order valence-electron chi connectivity index (χ0n) is 18.3. The van der Waals surface area contributed by atoms with E-state index in [4.69, 9.17) is 34.8 Å². The summed E-state index contributed by atoms with van der Waals surface area (Å²) >= 11 is 20.2. The summed E-state index contributed by atoms with van der Waals surface area (Å²) in [4.78, 5) is 12.5. The Bertz CT molecular complexity index is 1230. The molecule has 5 nitrogen and oxygen atoms in total. The smallest absolute Gasteiger partial charge is 0.251 e. The van der Waals surface area contributed by atoms with Crippen LogP contribution in [0.2, 0.25) is 15.1 Å². The van der Waals surface area contributed by atoms with Gasteiger partial charge >= 0.3 is 0 Å². The molecule has 0 aliphatic heterocycles. The van der Waals surface area contributed by atoms with Gasteiger partial charge in [0.05, 0.1) is 18.5 Å². The number of sulfonamides is 1. The zero-order valence-corrected chi connectivity index (χ0v) is 22.2. The van der Waals surface area contributed by atoms with Crippen molar-refractivity contribution in [3.8, 4) is 0 Å². The summed E-state index contributed by atoms with van der Waals surface area (Å²) in [6.07, 6.45) is 1.14. The molecule has 34 heavy (non-hydrogen) atoms. The number of thioether (sulfide) groups is 1. The second-order valence-electron chi connectivity index (χ2n) is 7.42. The van der Waals surface area contributed by atoms with Crippen molar-refractivity contribution in [1.82, 2.24) is 5.32 Å². The molecule has 3 rings (SSSR count). The molecule has 3 aromatic carbocycles. The first-order valence-corrected chi connectivity index (χ1v) is 14.4. The number of carbonyl (C=O) groups is 1. The summed E-state index contributed by atoms with van der Waals surface area (Å²) in [6, 6.07) is 18.9. The van der Waals surface area contributed by atoms with Crippen LogP contribution in [0.3, 0.4) is 0 Å². The monoisotopic (exact) mass is 556 g/mol. The van der Waals surface area contributed by atoms with E-state index >= 15 is 0 Å². The lowest BCUT2D eigenvalue weighted by Gasteiger charge is -2.23. The fraction of sp³-hybridized carbons (Fsp3) is 0.208. The lowest BCUT2D eigenvalue weighted by atomic mass is 10.1. The summed E-state index contributed by atoms with van der Waals surface area (Å²) in [5.41, 5.74) is 2.46. The zero-order chi connectivity index (χ0) is 24.7. The molecule has 0 spiro atoms. The maximum atomic E-state index is 12.5. The van der Waals surface area contributed by atoms with Crippen molar-refractivity contribution >= 4 is 68.2 Å². The highest BCUT2D eigenvalue weighted by atomic mass is 35.5. The molecule has 0 atom stereocenters. The normalized spacial score (nSPS) is 11.3. The molecule has 0 aliphatic carbocycles. The average molecular weight is 558 g/mol. The number of nitrogens with zero attached hydrogens (tertiary/aromatic N) is 1. The minimum atomic E-state index is -3.56. The second-order valence-corrected chi connectivity index (χ2v) is 11.7. The van der Waals surface area contributed by atoms with Crippen LogP contribution in [0.4, 0.5) is 5.69 Å². The fourth-order valence-corrected chi connectivity index (χ4v) is 5.81. The Kier molecular flexibility index (Phi) is 9.56. The largest absolute Gasteiger partial charge is 0.351 e. The van der Waals surface area contributed by atoms with E-state index in [0.29, 0.717) is 49.9 Å². The summed E-state index contributed by atoms with van der Waals surface area (Å²) in [5.74, 6) is 1.10. The number of amides is 1. The highest BCUT2D eigenvalue weighted by Gasteiger charge is 2.19. The van der Waals surface area contributed by atoms with Crippen LogP contribution in [0.15, 0.2) is 66.7 Å². The van der Waals surface area contributed by atoms with E-state index in [0.717, 1.165) is 11.8 Å². The van der Waals surface area contributed by atoms with Crippen LogP contribution in [-0.4, -0.2) is 32.9 Å². The Labute approximate surface area is 219 Å². The number of nitrogens with one attached hydrogen (secondary N) is 1. The van der Waals surface area contributed by atoms with Crippen molar-refractivity contribution in [2.75, 3.05) is 22.9 Å². The van der Waals surface area contributed by atoms with Gasteiger partial charge in [0, 0.05) is 38.7 Å². The van der Waals surface area contributed by atoms with Crippen LogP contribution >= 0.6 is 46.6 Å². The molecule has 0 saturated carbocycles. The van der Waals surface area contributed by atoms with Crippen LogP contribution in [0.25, 0.3) is 0 Å². The molecule has 0 saturated heterocycles. The first-order chi connectivity index (χ1) is 16.2.